The van der Waals surface area contributed by atoms with E-state index in [2.05, 4.69) is 10.1 Å². The highest BCUT2D eigenvalue weighted by atomic mass is 32.1. The van der Waals surface area contributed by atoms with Crippen LogP contribution < -0.4 is 24.4 Å². The lowest BCUT2D eigenvalue weighted by atomic mass is 9.95. The Labute approximate surface area is 193 Å². The van der Waals surface area contributed by atoms with E-state index in [0.29, 0.717) is 37.7 Å². The molecule has 1 aliphatic rings. The van der Waals surface area contributed by atoms with Crippen molar-refractivity contribution in [2.24, 2.45) is 12.0 Å². The van der Waals surface area contributed by atoms with E-state index in [-0.39, 0.29) is 12.2 Å². The summed E-state index contributed by atoms with van der Waals surface area (Å²) < 4.78 is 19.8. The molecule has 0 radical (unpaired) electrons. The van der Waals surface area contributed by atoms with Crippen LogP contribution in [0.5, 0.6) is 11.5 Å². The highest BCUT2D eigenvalue weighted by Gasteiger charge is 2.33. The number of aromatic nitrogens is 3. The molecule has 0 amide bonds. The average Bonchev–Trinajstić information content (AvgIpc) is 3.34. The van der Waals surface area contributed by atoms with E-state index in [1.165, 1.54) is 23.0 Å². The van der Waals surface area contributed by atoms with Crippen LogP contribution in [-0.4, -0.2) is 41.1 Å². The minimum absolute atomic E-state index is 0.208. The molecular formula is C23H24N4O5S. The number of rotatable bonds is 6. The van der Waals surface area contributed by atoms with Crippen LogP contribution in [0.2, 0.25) is 0 Å². The van der Waals surface area contributed by atoms with Gasteiger partial charge < -0.3 is 14.2 Å². The van der Waals surface area contributed by atoms with Gasteiger partial charge in [0.25, 0.3) is 5.56 Å². The van der Waals surface area contributed by atoms with Gasteiger partial charge >= 0.3 is 5.97 Å². The molecule has 3 heterocycles. The third-order valence-electron chi connectivity index (χ3n) is 5.26. The topological polar surface area (TPSA) is 96.9 Å². The summed E-state index contributed by atoms with van der Waals surface area (Å²) in [6.07, 6.45) is 5.27. The summed E-state index contributed by atoms with van der Waals surface area (Å²) >= 11 is 1.26. The van der Waals surface area contributed by atoms with Crippen LogP contribution in [0.15, 0.2) is 51.6 Å². The first-order valence-corrected chi connectivity index (χ1v) is 11.1. The Morgan fingerprint density at radius 2 is 2.00 bits per heavy atom. The molecule has 1 aromatic carbocycles. The zero-order valence-corrected chi connectivity index (χ0v) is 19.8. The molecular weight excluding hydrogens is 444 g/mol. The van der Waals surface area contributed by atoms with Gasteiger partial charge in [-0.05, 0) is 37.6 Å². The molecule has 0 fully saturated rings. The van der Waals surface area contributed by atoms with Crippen LogP contribution in [0, 0.1) is 0 Å². The van der Waals surface area contributed by atoms with Gasteiger partial charge in [-0.25, -0.2) is 9.79 Å². The van der Waals surface area contributed by atoms with Gasteiger partial charge in [0, 0.05) is 18.8 Å². The second-order valence-electron chi connectivity index (χ2n) is 7.36. The van der Waals surface area contributed by atoms with Crippen molar-refractivity contribution in [1.29, 1.82) is 0 Å². The van der Waals surface area contributed by atoms with Gasteiger partial charge in [0.2, 0.25) is 0 Å². The van der Waals surface area contributed by atoms with Crippen LogP contribution in [0.3, 0.4) is 0 Å². The first kappa shape index (κ1) is 22.5. The minimum Gasteiger partial charge on any atom is -0.493 e. The summed E-state index contributed by atoms with van der Waals surface area (Å²) in [7, 11) is 4.90. The van der Waals surface area contributed by atoms with E-state index in [1.54, 1.807) is 50.0 Å². The lowest BCUT2D eigenvalue weighted by Gasteiger charge is -2.25. The van der Waals surface area contributed by atoms with Crippen molar-refractivity contribution in [1.82, 2.24) is 14.3 Å². The fourth-order valence-corrected chi connectivity index (χ4v) is 4.84. The van der Waals surface area contributed by atoms with Crippen molar-refractivity contribution < 1.29 is 19.0 Å². The highest BCUT2D eigenvalue weighted by Crippen LogP contribution is 2.36. The summed E-state index contributed by atoms with van der Waals surface area (Å²) in [4.78, 5) is 31.6. The van der Waals surface area contributed by atoms with Crippen LogP contribution in [-0.2, 0) is 16.6 Å². The Morgan fingerprint density at radius 3 is 2.64 bits per heavy atom. The lowest BCUT2D eigenvalue weighted by Crippen LogP contribution is -2.39. The van der Waals surface area contributed by atoms with Crippen LogP contribution >= 0.6 is 11.3 Å². The number of hydrogen-bond donors (Lipinski definition) is 0. The molecule has 0 N–H and O–H groups in total. The molecule has 0 bridgehead atoms. The molecule has 1 atom stereocenters. The maximum Gasteiger partial charge on any atom is 0.338 e. The molecule has 0 spiro atoms. The standard InChI is InChI=1S/C23H24N4O5S/c1-6-32-22(29)19-13(2)25-23-27(20(19)15-7-8-16(30-4)17(10-15)31-5)21(28)18(33-23)9-14-11-24-26(3)12-14/h7-12,20H,6H2,1-5H3/b18-9+/t20-/m1/s1. The number of allylic oxidation sites excluding steroid dienone is 1. The van der Waals surface area contributed by atoms with Crippen molar-refractivity contribution >= 4 is 23.4 Å². The third-order valence-corrected chi connectivity index (χ3v) is 6.25. The molecule has 9 nitrogen and oxygen atoms in total. The maximum absolute atomic E-state index is 13.5. The molecule has 1 aliphatic heterocycles. The second kappa shape index (κ2) is 9.07. The predicted molar refractivity (Wildman–Crippen MR) is 123 cm³/mol. The van der Waals surface area contributed by atoms with Gasteiger partial charge in [0.1, 0.15) is 0 Å². The average molecular weight is 469 g/mol. The molecule has 10 heteroatoms. The smallest absolute Gasteiger partial charge is 0.338 e. The molecule has 0 saturated carbocycles. The Kier molecular flexibility index (Phi) is 6.19. The van der Waals surface area contributed by atoms with Gasteiger partial charge in [-0.3, -0.25) is 14.0 Å². The summed E-state index contributed by atoms with van der Waals surface area (Å²) in [5.74, 6) is 0.522. The Hall–Kier alpha value is -3.66. The first-order chi connectivity index (χ1) is 15.9. The van der Waals surface area contributed by atoms with Gasteiger partial charge in [-0.15, -0.1) is 0 Å². The van der Waals surface area contributed by atoms with Crippen LogP contribution in [0.1, 0.15) is 31.0 Å². The van der Waals surface area contributed by atoms with E-state index >= 15 is 0 Å². The number of carbonyl (C=O) groups excluding carboxylic acids is 1. The highest BCUT2D eigenvalue weighted by molar-refractivity contribution is 7.07. The van der Waals surface area contributed by atoms with E-state index in [0.717, 1.165) is 5.56 Å². The number of fused-ring (bicyclic) bond motifs is 1. The van der Waals surface area contributed by atoms with Crippen molar-refractivity contribution in [2.45, 2.75) is 19.9 Å². The fourth-order valence-electron chi connectivity index (χ4n) is 3.80. The Balaban J connectivity index is 1.97. The predicted octanol–water partition coefficient (Wildman–Crippen LogP) is 1.55. The van der Waals surface area contributed by atoms with Gasteiger partial charge in [0.05, 0.1) is 48.9 Å². The van der Waals surface area contributed by atoms with Gasteiger partial charge in [-0.2, -0.15) is 5.10 Å². The minimum atomic E-state index is -0.726. The molecule has 3 aromatic rings. The number of benzene rings is 1. The quantitative estimate of drug-likeness (QED) is 0.510. The van der Waals surface area contributed by atoms with E-state index in [4.69, 9.17) is 14.2 Å². The van der Waals surface area contributed by atoms with E-state index < -0.39 is 12.0 Å². The van der Waals surface area contributed by atoms with Crippen molar-refractivity contribution in [3.05, 3.63) is 72.7 Å². The monoisotopic (exact) mass is 468 g/mol. The van der Waals surface area contributed by atoms with E-state index in [1.807, 2.05) is 19.3 Å². The number of aryl methyl sites for hydroxylation is 1. The molecule has 4 rings (SSSR count). The molecule has 0 saturated heterocycles. The summed E-state index contributed by atoms with van der Waals surface area (Å²) in [5.41, 5.74) is 2.04. The van der Waals surface area contributed by atoms with Gasteiger partial charge in [0.15, 0.2) is 16.3 Å². The number of nitrogens with zero attached hydrogens (tertiary/aromatic N) is 4. The summed E-state index contributed by atoms with van der Waals surface area (Å²) in [5, 5.41) is 4.15. The van der Waals surface area contributed by atoms with Gasteiger partial charge in [-0.1, -0.05) is 17.4 Å². The van der Waals surface area contributed by atoms with Crippen molar-refractivity contribution in [2.75, 3.05) is 20.8 Å². The summed E-state index contributed by atoms with van der Waals surface area (Å²) in [6.45, 7) is 3.69. The Morgan fingerprint density at radius 1 is 1.24 bits per heavy atom. The molecule has 172 valence electrons. The van der Waals surface area contributed by atoms with Crippen LogP contribution in [0.4, 0.5) is 0 Å². The zero-order chi connectivity index (χ0) is 23.7. The maximum atomic E-state index is 13.5. The molecule has 2 aromatic heterocycles. The fraction of sp³-hybridized carbons (Fsp3) is 0.304. The number of thiazole rings is 1. The first-order valence-electron chi connectivity index (χ1n) is 10.3. The molecule has 0 unspecified atom stereocenters. The number of carbonyl (C=O) groups is 1. The SMILES string of the molecule is CCOC(=O)C1=C(C)N=c2s/c(=C/c3cnn(C)c3)c(=O)n2[C@@H]1c1ccc(OC)c(OC)c1. The van der Waals surface area contributed by atoms with Crippen molar-refractivity contribution in [3.63, 3.8) is 0 Å². The number of esters is 1. The molecule has 0 aliphatic carbocycles. The number of methoxy groups -OCH3 is 2. The number of hydrogen-bond acceptors (Lipinski definition) is 8. The summed E-state index contributed by atoms with van der Waals surface area (Å²) in [6, 6.07) is 4.59. The molecule has 33 heavy (non-hydrogen) atoms. The third kappa shape index (κ3) is 4.09. The Bertz CT molecular complexity index is 1430. The van der Waals surface area contributed by atoms with E-state index in [9.17, 15) is 9.59 Å². The second-order valence-corrected chi connectivity index (χ2v) is 8.37. The largest absolute Gasteiger partial charge is 0.493 e. The zero-order valence-electron chi connectivity index (χ0n) is 19.0. The normalized spacial score (nSPS) is 15.8. The number of ether oxygens (including phenoxy) is 3. The van der Waals surface area contributed by atoms with Crippen LogP contribution in [0.25, 0.3) is 6.08 Å². The van der Waals surface area contributed by atoms with Crippen molar-refractivity contribution in [3.8, 4) is 11.5 Å². The lowest BCUT2D eigenvalue weighted by molar-refractivity contribution is -0.139.